The molecule has 0 spiro atoms. The summed E-state index contributed by atoms with van der Waals surface area (Å²) in [4.78, 5) is 23.7. The van der Waals surface area contributed by atoms with Crippen LogP contribution in [0.2, 0.25) is 0 Å². The molecule has 1 aliphatic rings. The fourth-order valence-corrected chi connectivity index (χ4v) is 3.14. The molecule has 1 heterocycles. The van der Waals surface area contributed by atoms with E-state index in [1.807, 2.05) is 60.7 Å². The molecular weight excluding hydrogens is 376 g/mol. The van der Waals surface area contributed by atoms with Gasteiger partial charge < -0.3 is 15.4 Å². The Morgan fingerprint density at radius 1 is 0.933 bits per heavy atom. The molecule has 5 heteroatoms. The SMILES string of the molecule is O=C(COc1ccc2c(c1)CCC(=O)N2)Nc1cccc(C#Cc2ccccc2)c1. The van der Waals surface area contributed by atoms with Gasteiger partial charge in [-0.25, -0.2) is 0 Å². The number of fused-ring (bicyclic) bond motifs is 1. The van der Waals surface area contributed by atoms with Crippen molar-refractivity contribution >= 4 is 23.2 Å². The molecule has 2 amide bonds. The lowest BCUT2D eigenvalue weighted by atomic mass is 10.0. The Morgan fingerprint density at radius 2 is 1.73 bits per heavy atom. The molecule has 0 saturated carbocycles. The Hall–Kier alpha value is -4.04. The second kappa shape index (κ2) is 8.97. The highest BCUT2D eigenvalue weighted by Crippen LogP contribution is 2.26. The van der Waals surface area contributed by atoms with E-state index in [1.54, 1.807) is 12.1 Å². The molecule has 0 unspecified atom stereocenters. The molecule has 0 aliphatic carbocycles. The smallest absolute Gasteiger partial charge is 0.262 e. The summed E-state index contributed by atoms with van der Waals surface area (Å²) < 4.78 is 5.62. The maximum atomic E-state index is 12.3. The van der Waals surface area contributed by atoms with Crippen LogP contribution >= 0.6 is 0 Å². The molecule has 0 fully saturated rings. The molecule has 4 rings (SSSR count). The van der Waals surface area contributed by atoms with Crippen LogP contribution in [0.15, 0.2) is 72.8 Å². The van der Waals surface area contributed by atoms with Crippen LogP contribution in [0.5, 0.6) is 5.75 Å². The van der Waals surface area contributed by atoms with Crippen LogP contribution in [0.3, 0.4) is 0 Å². The summed E-state index contributed by atoms with van der Waals surface area (Å²) >= 11 is 0. The zero-order chi connectivity index (χ0) is 20.8. The van der Waals surface area contributed by atoms with Crippen molar-refractivity contribution in [1.82, 2.24) is 0 Å². The number of carbonyl (C=O) groups is 2. The Balaban J connectivity index is 1.34. The summed E-state index contributed by atoms with van der Waals surface area (Å²) in [6, 6.07) is 22.5. The lowest BCUT2D eigenvalue weighted by molar-refractivity contribution is -0.118. The number of anilines is 2. The van der Waals surface area contributed by atoms with Gasteiger partial charge in [0.2, 0.25) is 5.91 Å². The maximum Gasteiger partial charge on any atom is 0.262 e. The molecule has 148 valence electrons. The van der Waals surface area contributed by atoms with Gasteiger partial charge in [0.05, 0.1) is 0 Å². The van der Waals surface area contributed by atoms with E-state index < -0.39 is 0 Å². The largest absolute Gasteiger partial charge is 0.484 e. The number of ether oxygens (including phenoxy) is 1. The van der Waals surface area contributed by atoms with Crippen molar-refractivity contribution in [3.8, 4) is 17.6 Å². The van der Waals surface area contributed by atoms with Gasteiger partial charge >= 0.3 is 0 Å². The highest BCUT2D eigenvalue weighted by molar-refractivity contribution is 5.94. The molecule has 3 aromatic rings. The summed E-state index contributed by atoms with van der Waals surface area (Å²) in [5.74, 6) is 6.57. The first kappa shape index (κ1) is 19.3. The van der Waals surface area contributed by atoms with Crippen molar-refractivity contribution in [2.24, 2.45) is 0 Å². The zero-order valence-electron chi connectivity index (χ0n) is 16.3. The number of aryl methyl sites for hydroxylation is 1. The lowest BCUT2D eigenvalue weighted by Crippen LogP contribution is -2.21. The quantitative estimate of drug-likeness (QED) is 0.656. The zero-order valence-corrected chi connectivity index (χ0v) is 16.3. The number of hydrogen-bond acceptors (Lipinski definition) is 3. The van der Waals surface area contributed by atoms with Gasteiger partial charge in [0.1, 0.15) is 5.75 Å². The molecule has 0 radical (unpaired) electrons. The van der Waals surface area contributed by atoms with Crippen LogP contribution in [0.25, 0.3) is 0 Å². The van der Waals surface area contributed by atoms with Gasteiger partial charge in [0.15, 0.2) is 6.61 Å². The fourth-order valence-electron chi connectivity index (χ4n) is 3.14. The topological polar surface area (TPSA) is 67.4 Å². The van der Waals surface area contributed by atoms with E-state index >= 15 is 0 Å². The minimum atomic E-state index is -0.255. The third kappa shape index (κ3) is 5.06. The second-order valence-corrected chi connectivity index (χ2v) is 6.90. The summed E-state index contributed by atoms with van der Waals surface area (Å²) in [5.41, 5.74) is 4.23. The fraction of sp³-hybridized carbons (Fsp3) is 0.120. The summed E-state index contributed by atoms with van der Waals surface area (Å²) in [6.45, 7) is -0.106. The first-order chi connectivity index (χ1) is 14.7. The van der Waals surface area contributed by atoms with Crippen LogP contribution in [0.1, 0.15) is 23.1 Å². The third-order valence-corrected chi connectivity index (χ3v) is 4.61. The number of rotatable bonds is 4. The van der Waals surface area contributed by atoms with Crippen molar-refractivity contribution in [1.29, 1.82) is 0 Å². The first-order valence-corrected chi connectivity index (χ1v) is 9.68. The van der Waals surface area contributed by atoms with Crippen LogP contribution in [0, 0.1) is 11.8 Å². The molecule has 2 N–H and O–H groups in total. The van der Waals surface area contributed by atoms with Crippen LogP contribution < -0.4 is 15.4 Å². The van der Waals surface area contributed by atoms with Crippen LogP contribution in [-0.2, 0) is 16.0 Å². The normalized spacial score (nSPS) is 12.1. The van der Waals surface area contributed by atoms with E-state index in [0.717, 1.165) is 22.4 Å². The van der Waals surface area contributed by atoms with Crippen LogP contribution in [0.4, 0.5) is 11.4 Å². The van der Waals surface area contributed by atoms with Gasteiger partial charge in [-0.3, -0.25) is 9.59 Å². The van der Waals surface area contributed by atoms with E-state index in [-0.39, 0.29) is 18.4 Å². The summed E-state index contributed by atoms with van der Waals surface area (Å²) in [5, 5.41) is 5.66. The average molecular weight is 396 g/mol. The highest BCUT2D eigenvalue weighted by atomic mass is 16.5. The van der Waals surface area contributed by atoms with Crippen molar-refractivity contribution in [3.05, 3.63) is 89.5 Å². The van der Waals surface area contributed by atoms with Crippen molar-refractivity contribution in [2.75, 3.05) is 17.2 Å². The van der Waals surface area contributed by atoms with Gasteiger partial charge in [0, 0.05) is 28.9 Å². The molecule has 0 atom stereocenters. The first-order valence-electron chi connectivity index (χ1n) is 9.68. The molecule has 1 aliphatic heterocycles. The molecule has 0 saturated heterocycles. The molecule has 5 nitrogen and oxygen atoms in total. The van der Waals surface area contributed by atoms with Crippen molar-refractivity contribution < 1.29 is 14.3 Å². The number of hydrogen-bond donors (Lipinski definition) is 2. The Kier molecular flexibility index (Phi) is 5.77. The highest BCUT2D eigenvalue weighted by Gasteiger charge is 2.15. The average Bonchev–Trinajstić information content (AvgIpc) is 2.77. The van der Waals surface area contributed by atoms with Gasteiger partial charge in [-0.1, -0.05) is 36.1 Å². The summed E-state index contributed by atoms with van der Waals surface area (Å²) in [7, 11) is 0. The predicted octanol–water partition coefficient (Wildman–Crippen LogP) is 3.99. The van der Waals surface area contributed by atoms with E-state index in [9.17, 15) is 9.59 Å². The van der Waals surface area contributed by atoms with Crippen LogP contribution in [-0.4, -0.2) is 18.4 Å². The van der Waals surface area contributed by atoms with E-state index in [2.05, 4.69) is 22.5 Å². The molecule has 0 bridgehead atoms. The Bertz CT molecular complexity index is 1140. The molecule has 30 heavy (non-hydrogen) atoms. The molecular formula is C25H20N2O3. The lowest BCUT2D eigenvalue weighted by Gasteiger charge is -2.17. The summed E-state index contributed by atoms with van der Waals surface area (Å²) in [6.07, 6.45) is 1.13. The van der Waals surface area contributed by atoms with Crippen molar-refractivity contribution in [2.45, 2.75) is 12.8 Å². The van der Waals surface area contributed by atoms with Gasteiger partial charge in [-0.15, -0.1) is 0 Å². The Morgan fingerprint density at radius 3 is 2.60 bits per heavy atom. The Labute approximate surface area is 175 Å². The number of amides is 2. The standard InChI is InChI=1S/C25H20N2O3/c28-24-14-11-20-16-22(12-13-23(20)27-24)30-17-25(29)26-21-8-4-7-19(15-21)10-9-18-5-2-1-3-6-18/h1-8,12-13,15-16H,11,14,17H2,(H,26,29)(H,27,28). The van der Waals surface area contributed by atoms with E-state index in [0.29, 0.717) is 24.3 Å². The van der Waals surface area contributed by atoms with E-state index in [4.69, 9.17) is 4.74 Å². The number of nitrogens with one attached hydrogen (secondary N) is 2. The van der Waals surface area contributed by atoms with E-state index in [1.165, 1.54) is 0 Å². The van der Waals surface area contributed by atoms with Gasteiger partial charge in [-0.05, 0) is 60.5 Å². The molecule has 3 aromatic carbocycles. The predicted molar refractivity (Wildman–Crippen MR) is 116 cm³/mol. The van der Waals surface area contributed by atoms with Crippen molar-refractivity contribution in [3.63, 3.8) is 0 Å². The second-order valence-electron chi connectivity index (χ2n) is 6.90. The number of benzene rings is 3. The van der Waals surface area contributed by atoms with Gasteiger partial charge in [-0.2, -0.15) is 0 Å². The van der Waals surface area contributed by atoms with Gasteiger partial charge in [0.25, 0.3) is 5.91 Å². The monoisotopic (exact) mass is 396 g/mol. The molecule has 0 aromatic heterocycles. The number of carbonyl (C=O) groups excluding carboxylic acids is 2. The minimum Gasteiger partial charge on any atom is -0.484 e. The minimum absolute atomic E-state index is 0.0197. The maximum absolute atomic E-state index is 12.3. The third-order valence-electron chi connectivity index (χ3n) is 4.61.